The van der Waals surface area contributed by atoms with Crippen LogP contribution in [0.3, 0.4) is 0 Å². The van der Waals surface area contributed by atoms with Crippen molar-refractivity contribution < 1.29 is 9.90 Å². The molecule has 0 unspecified atom stereocenters. The zero-order chi connectivity index (χ0) is 11.4. The first-order valence-electron chi connectivity index (χ1n) is 4.53. The Morgan fingerprint density at radius 3 is 2.87 bits per heavy atom. The van der Waals surface area contributed by atoms with Gasteiger partial charge in [0.1, 0.15) is 0 Å². The molecule has 0 radical (unpaired) electrons. The normalized spacial score (nSPS) is 12.2. The lowest BCUT2D eigenvalue weighted by Crippen LogP contribution is -2.25. The summed E-state index contributed by atoms with van der Waals surface area (Å²) in [5.74, 6) is -0.949. The van der Waals surface area contributed by atoms with Crippen LogP contribution in [0.1, 0.15) is 17.3 Å². The summed E-state index contributed by atoms with van der Waals surface area (Å²) in [6.07, 6.45) is 0. The van der Waals surface area contributed by atoms with Gasteiger partial charge in [-0.15, -0.1) is 0 Å². The van der Waals surface area contributed by atoms with Crippen molar-refractivity contribution in [3.63, 3.8) is 0 Å². The second-order valence-electron chi connectivity index (χ2n) is 3.35. The number of nitrogens with two attached hydrogens (primary N) is 1. The summed E-state index contributed by atoms with van der Waals surface area (Å²) in [6, 6.07) is 4.95. The van der Waals surface area contributed by atoms with Crippen LogP contribution in [0.25, 0.3) is 0 Å². The van der Waals surface area contributed by atoms with Crippen LogP contribution in [0.5, 0.6) is 0 Å². The van der Waals surface area contributed by atoms with Crippen LogP contribution in [0.4, 0.5) is 5.69 Å². The molecule has 0 spiro atoms. The molecular formula is C10H13BrN2O2. The lowest BCUT2D eigenvalue weighted by Gasteiger charge is -2.11. The quantitative estimate of drug-likeness (QED) is 0.783. The molecule has 82 valence electrons. The molecule has 1 aromatic carbocycles. The fraction of sp³-hybridized carbons (Fsp3) is 0.300. The van der Waals surface area contributed by atoms with Crippen molar-refractivity contribution in [1.82, 2.24) is 0 Å². The summed E-state index contributed by atoms with van der Waals surface area (Å²) in [7, 11) is 0. The van der Waals surface area contributed by atoms with E-state index in [1.807, 2.05) is 6.92 Å². The van der Waals surface area contributed by atoms with Crippen molar-refractivity contribution in [3.05, 3.63) is 28.2 Å². The maximum Gasteiger partial charge on any atom is 0.337 e. The molecular weight excluding hydrogens is 260 g/mol. The second-order valence-corrected chi connectivity index (χ2v) is 4.27. The molecule has 15 heavy (non-hydrogen) atoms. The van der Waals surface area contributed by atoms with Crippen LogP contribution >= 0.6 is 15.9 Å². The monoisotopic (exact) mass is 272 g/mol. The molecule has 5 heteroatoms. The van der Waals surface area contributed by atoms with Crippen molar-refractivity contribution in [3.8, 4) is 0 Å². The van der Waals surface area contributed by atoms with E-state index in [0.29, 0.717) is 12.2 Å². The maximum atomic E-state index is 10.9. The molecule has 1 aromatic rings. The van der Waals surface area contributed by atoms with Crippen LogP contribution < -0.4 is 11.1 Å². The zero-order valence-corrected chi connectivity index (χ0v) is 9.91. The Labute approximate surface area is 96.6 Å². The predicted molar refractivity (Wildman–Crippen MR) is 63.2 cm³/mol. The van der Waals surface area contributed by atoms with Gasteiger partial charge in [0.05, 0.1) is 5.56 Å². The fourth-order valence-corrected chi connectivity index (χ4v) is 1.48. The third kappa shape index (κ3) is 3.53. The summed E-state index contributed by atoms with van der Waals surface area (Å²) < 4.78 is 0.833. The van der Waals surface area contributed by atoms with Gasteiger partial charge in [0.25, 0.3) is 0 Å². The van der Waals surface area contributed by atoms with E-state index in [0.717, 1.165) is 4.47 Å². The molecule has 0 fully saturated rings. The third-order valence-electron chi connectivity index (χ3n) is 1.83. The molecule has 0 aliphatic carbocycles. The lowest BCUT2D eigenvalue weighted by molar-refractivity contribution is 0.0698. The number of carboxylic acids is 1. The van der Waals surface area contributed by atoms with Crippen LogP contribution in [-0.4, -0.2) is 23.7 Å². The van der Waals surface area contributed by atoms with Crippen LogP contribution in [0.2, 0.25) is 0 Å². The lowest BCUT2D eigenvalue weighted by atomic mass is 10.1. The first kappa shape index (κ1) is 12.0. The SMILES string of the molecule is C[C@H](N)CNc1cc(Br)ccc1C(=O)O. The van der Waals surface area contributed by atoms with Gasteiger partial charge >= 0.3 is 5.97 Å². The molecule has 0 heterocycles. The summed E-state index contributed by atoms with van der Waals surface area (Å²) in [4.78, 5) is 10.9. The number of carbonyl (C=O) groups is 1. The number of anilines is 1. The number of nitrogens with one attached hydrogen (secondary N) is 1. The summed E-state index contributed by atoms with van der Waals surface area (Å²) >= 11 is 3.29. The minimum atomic E-state index is -0.949. The Morgan fingerprint density at radius 2 is 2.33 bits per heavy atom. The van der Waals surface area contributed by atoms with Crippen LogP contribution in [0, 0.1) is 0 Å². The zero-order valence-electron chi connectivity index (χ0n) is 8.33. The predicted octanol–water partition coefficient (Wildman–Crippen LogP) is 1.91. The third-order valence-corrected chi connectivity index (χ3v) is 2.32. The molecule has 1 atom stereocenters. The molecule has 1 rings (SSSR count). The van der Waals surface area contributed by atoms with Crippen LogP contribution in [-0.2, 0) is 0 Å². The van der Waals surface area contributed by atoms with Gasteiger partial charge in [-0.2, -0.15) is 0 Å². The molecule has 0 bridgehead atoms. The van der Waals surface area contributed by atoms with E-state index in [1.54, 1.807) is 18.2 Å². The van der Waals surface area contributed by atoms with E-state index < -0.39 is 5.97 Å². The standard InChI is InChI=1S/C10H13BrN2O2/c1-6(12)5-13-9-4-7(11)2-3-8(9)10(14)15/h2-4,6,13H,5,12H2,1H3,(H,14,15)/t6-/m0/s1. The number of carboxylic acid groups (broad SMARTS) is 1. The molecule has 0 aliphatic rings. The van der Waals surface area contributed by atoms with E-state index in [4.69, 9.17) is 10.8 Å². The Kier molecular flexibility index (Phi) is 4.11. The number of benzene rings is 1. The van der Waals surface area contributed by atoms with Gasteiger partial charge in [-0.05, 0) is 25.1 Å². The van der Waals surface area contributed by atoms with Gasteiger partial charge in [0, 0.05) is 22.7 Å². The Hall–Kier alpha value is -1.07. The first-order chi connectivity index (χ1) is 7.00. The first-order valence-corrected chi connectivity index (χ1v) is 5.32. The van der Waals surface area contributed by atoms with Crippen molar-refractivity contribution in [2.45, 2.75) is 13.0 Å². The highest BCUT2D eigenvalue weighted by molar-refractivity contribution is 9.10. The number of hydrogen-bond donors (Lipinski definition) is 3. The second kappa shape index (κ2) is 5.14. The van der Waals surface area contributed by atoms with Gasteiger partial charge in [-0.25, -0.2) is 4.79 Å². The van der Waals surface area contributed by atoms with Crippen molar-refractivity contribution in [1.29, 1.82) is 0 Å². The average molecular weight is 273 g/mol. The topological polar surface area (TPSA) is 75.3 Å². The van der Waals surface area contributed by atoms with E-state index in [-0.39, 0.29) is 11.6 Å². The number of halogens is 1. The molecule has 0 aliphatic heterocycles. The van der Waals surface area contributed by atoms with Crippen molar-refractivity contribution in [2.24, 2.45) is 5.73 Å². The fourth-order valence-electron chi connectivity index (χ4n) is 1.12. The highest BCUT2D eigenvalue weighted by atomic mass is 79.9. The molecule has 0 saturated carbocycles. The van der Waals surface area contributed by atoms with Gasteiger partial charge in [-0.3, -0.25) is 0 Å². The van der Waals surface area contributed by atoms with E-state index >= 15 is 0 Å². The van der Waals surface area contributed by atoms with E-state index in [1.165, 1.54) is 0 Å². The smallest absolute Gasteiger partial charge is 0.337 e. The molecule has 4 nitrogen and oxygen atoms in total. The molecule has 0 aromatic heterocycles. The van der Waals surface area contributed by atoms with Gasteiger partial charge in [0.2, 0.25) is 0 Å². The molecule has 0 saturated heterocycles. The van der Waals surface area contributed by atoms with Crippen molar-refractivity contribution >= 4 is 27.6 Å². The molecule has 4 N–H and O–H groups in total. The van der Waals surface area contributed by atoms with Gasteiger partial charge in [-0.1, -0.05) is 15.9 Å². The Morgan fingerprint density at radius 1 is 1.67 bits per heavy atom. The highest BCUT2D eigenvalue weighted by Crippen LogP contribution is 2.21. The Bertz CT molecular complexity index is 366. The highest BCUT2D eigenvalue weighted by Gasteiger charge is 2.10. The summed E-state index contributed by atoms with van der Waals surface area (Å²) in [5, 5.41) is 11.9. The van der Waals surface area contributed by atoms with E-state index in [2.05, 4.69) is 21.2 Å². The number of rotatable bonds is 4. The van der Waals surface area contributed by atoms with Gasteiger partial charge < -0.3 is 16.2 Å². The number of aromatic carboxylic acids is 1. The Balaban J connectivity index is 2.92. The van der Waals surface area contributed by atoms with Gasteiger partial charge in [0.15, 0.2) is 0 Å². The van der Waals surface area contributed by atoms with Crippen LogP contribution in [0.15, 0.2) is 22.7 Å². The van der Waals surface area contributed by atoms with Crippen molar-refractivity contribution in [2.75, 3.05) is 11.9 Å². The average Bonchev–Trinajstić information content (AvgIpc) is 2.14. The summed E-state index contributed by atoms with van der Waals surface area (Å²) in [5.41, 5.74) is 6.41. The maximum absolute atomic E-state index is 10.9. The largest absolute Gasteiger partial charge is 0.478 e. The molecule has 0 amide bonds. The number of hydrogen-bond acceptors (Lipinski definition) is 3. The minimum Gasteiger partial charge on any atom is -0.478 e. The van der Waals surface area contributed by atoms with E-state index in [9.17, 15) is 4.79 Å². The summed E-state index contributed by atoms with van der Waals surface area (Å²) in [6.45, 7) is 2.39. The minimum absolute atomic E-state index is 0.0226.